The summed E-state index contributed by atoms with van der Waals surface area (Å²) in [6.45, 7) is 12.5. The fourth-order valence-corrected chi connectivity index (χ4v) is 5.51. The predicted octanol–water partition coefficient (Wildman–Crippen LogP) is 3.77. The number of esters is 1. The number of hydrogen-bond donors (Lipinski definition) is 0. The molecule has 1 fully saturated rings. The Morgan fingerprint density at radius 1 is 1.21 bits per heavy atom. The van der Waals surface area contributed by atoms with Crippen LogP contribution in [0, 0.1) is 26.2 Å². The Morgan fingerprint density at radius 2 is 1.75 bits per heavy atom. The highest BCUT2D eigenvalue weighted by Gasteiger charge is 2.51. The van der Waals surface area contributed by atoms with Crippen molar-refractivity contribution < 1.29 is 14.3 Å². The minimum absolute atomic E-state index is 0.0794. The average molecular weight is 349 g/mol. The second-order valence-corrected chi connectivity index (χ2v) is 8.83. The van der Waals surface area contributed by atoms with Crippen LogP contribution >= 0.6 is 11.8 Å². The van der Waals surface area contributed by atoms with Gasteiger partial charge < -0.3 is 9.64 Å². The highest BCUT2D eigenvalue weighted by molar-refractivity contribution is 8.00. The van der Waals surface area contributed by atoms with E-state index in [-0.39, 0.29) is 22.0 Å². The molecule has 5 heteroatoms. The molecule has 1 saturated heterocycles. The number of benzene rings is 1. The van der Waals surface area contributed by atoms with Gasteiger partial charge in [0.15, 0.2) is 0 Å². The predicted molar refractivity (Wildman–Crippen MR) is 97.9 cm³/mol. The highest BCUT2D eigenvalue weighted by atomic mass is 32.2. The van der Waals surface area contributed by atoms with E-state index in [1.54, 1.807) is 16.7 Å². The van der Waals surface area contributed by atoms with E-state index in [0.717, 1.165) is 23.1 Å². The van der Waals surface area contributed by atoms with Crippen LogP contribution in [0.5, 0.6) is 0 Å². The van der Waals surface area contributed by atoms with E-state index in [1.807, 2.05) is 0 Å². The summed E-state index contributed by atoms with van der Waals surface area (Å²) < 4.78 is 5.03. The van der Waals surface area contributed by atoms with E-state index in [2.05, 4.69) is 53.7 Å². The first kappa shape index (κ1) is 18.8. The summed E-state index contributed by atoms with van der Waals surface area (Å²) in [6.07, 6.45) is 0.795. The number of carbonyl (C=O) groups excluding carboxylic acids is 2. The minimum Gasteiger partial charge on any atom is -0.467 e. The molecule has 132 valence electrons. The van der Waals surface area contributed by atoms with Crippen molar-refractivity contribution in [3.8, 4) is 0 Å². The second kappa shape index (κ2) is 6.79. The van der Waals surface area contributed by atoms with Gasteiger partial charge in [-0.1, -0.05) is 38.5 Å². The molecule has 1 aromatic carbocycles. The lowest BCUT2D eigenvalue weighted by molar-refractivity contribution is -0.150. The Hall–Kier alpha value is -1.49. The van der Waals surface area contributed by atoms with Gasteiger partial charge in [-0.05, 0) is 42.9 Å². The third-order valence-electron chi connectivity index (χ3n) is 4.48. The third-order valence-corrected chi connectivity index (χ3v) is 6.48. The van der Waals surface area contributed by atoms with Crippen LogP contribution in [0.1, 0.15) is 48.3 Å². The molecule has 4 nitrogen and oxygen atoms in total. The summed E-state index contributed by atoms with van der Waals surface area (Å²) in [5, 5.41) is -0.198. The van der Waals surface area contributed by atoms with Gasteiger partial charge >= 0.3 is 5.97 Å². The molecule has 24 heavy (non-hydrogen) atoms. The van der Waals surface area contributed by atoms with Crippen molar-refractivity contribution in [1.82, 2.24) is 4.90 Å². The fraction of sp³-hybridized carbons (Fsp3) is 0.579. The molecular formula is C19H27NO3S. The number of thioether (sulfide) groups is 1. The zero-order valence-electron chi connectivity index (χ0n) is 15.5. The van der Waals surface area contributed by atoms with E-state index < -0.39 is 6.04 Å². The lowest BCUT2D eigenvalue weighted by Gasteiger charge is -2.33. The van der Waals surface area contributed by atoms with Crippen LogP contribution in [-0.2, 0) is 14.3 Å². The van der Waals surface area contributed by atoms with Crippen molar-refractivity contribution >= 4 is 24.1 Å². The van der Waals surface area contributed by atoms with Gasteiger partial charge in [0.2, 0.25) is 6.41 Å². The van der Waals surface area contributed by atoms with Crippen molar-refractivity contribution in [2.45, 2.75) is 58.2 Å². The van der Waals surface area contributed by atoms with Crippen LogP contribution < -0.4 is 0 Å². The van der Waals surface area contributed by atoms with E-state index in [1.165, 1.54) is 12.7 Å². The van der Waals surface area contributed by atoms with Gasteiger partial charge in [0.25, 0.3) is 0 Å². The van der Waals surface area contributed by atoms with Gasteiger partial charge in [-0.15, -0.1) is 11.8 Å². The van der Waals surface area contributed by atoms with Gasteiger partial charge in [0, 0.05) is 0 Å². The molecule has 1 aliphatic heterocycles. The van der Waals surface area contributed by atoms with Crippen LogP contribution in [0.25, 0.3) is 0 Å². The Bertz CT molecular complexity index is 627. The maximum atomic E-state index is 12.5. The maximum Gasteiger partial charge on any atom is 0.330 e. The van der Waals surface area contributed by atoms with Crippen LogP contribution in [-0.4, -0.2) is 35.8 Å². The monoisotopic (exact) mass is 349 g/mol. The third kappa shape index (κ3) is 3.32. The molecule has 0 spiro atoms. The Balaban J connectivity index is 2.59. The number of hydrogen-bond acceptors (Lipinski definition) is 4. The highest BCUT2D eigenvalue weighted by Crippen LogP contribution is 2.52. The number of amides is 1. The van der Waals surface area contributed by atoms with Crippen molar-refractivity contribution in [3.05, 3.63) is 34.4 Å². The molecule has 0 radical (unpaired) electrons. The van der Waals surface area contributed by atoms with E-state index in [0.29, 0.717) is 0 Å². The summed E-state index contributed by atoms with van der Waals surface area (Å²) >= 11 is 1.68. The molecule has 0 unspecified atom stereocenters. The molecule has 0 aromatic heterocycles. The van der Waals surface area contributed by atoms with Gasteiger partial charge in [-0.25, -0.2) is 4.79 Å². The molecule has 0 N–H and O–H groups in total. The summed E-state index contributed by atoms with van der Waals surface area (Å²) in [7, 11) is 1.38. The number of nitrogens with zero attached hydrogens (tertiary/aromatic N) is 1. The summed E-state index contributed by atoms with van der Waals surface area (Å²) in [5.41, 5.74) is 4.50. The van der Waals surface area contributed by atoms with Crippen LogP contribution in [0.3, 0.4) is 0 Å². The zero-order valence-corrected chi connectivity index (χ0v) is 16.4. The Labute approximate surface area is 148 Å². The molecule has 0 saturated carbocycles. The SMILES string of the molecule is COC(=O)[C@@H]1[C@@H](c2c(C)cc(C)cc2C)S[C@H](C(C)(C)C)N1C=O. The number of methoxy groups -OCH3 is 1. The smallest absolute Gasteiger partial charge is 0.330 e. The van der Waals surface area contributed by atoms with Crippen LogP contribution in [0.2, 0.25) is 0 Å². The largest absolute Gasteiger partial charge is 0.467 e. The summed E-state index contributed by atoms with van der Waals surface area (Å²) in [6, 6.07) is 3.67. The Kier molecular flexibility index (Phi) is 5.33. The lowest BCUT2D eigenvalue weighted by atomic mass is 9.91. The minimum atomic E-state index is -0.596. The van der Waals surface area contributed by atoms with Crippen molar-refractivity contribution in [1.29, 1.82) is 0 Å². The second-order valence-electron chi connectivity index (χ2n) is 7.61. The molecule has 1 amide bonds. The lowest BCUT2D eigenvalue weighted by Crippen LogP contribution is -2.46. The quantitative estimate of drug-likeness (QED) is 0.615. The molecule has 3 atom stereocenters. The first-order valence-corrected chi connectivity index (χ1v) is 9.10. The van der Waals surface area contributed by atoms with Crippen LogP contribution in [0.15, 0.2) is 12.1 Å². The topological polar surface area (TPSA) is 46.6 Å². The Morgan fingerprint density at radius 3 is 2.17 bits per heavy atom. The normalized spacial score (nSPS) is 24.1. The maximum absolute atomic E-state index is 12.5. The number of rotatable bonds is 3. The van der Waals surface area contributed by atoms with E-state index in [4.69, 9.17) is 4.74 Å². The molecule has 1 aromatic rings. The first-order valence-electron chi connectivity index (χ1n) is 8.15. The number of aryl methyl sites for hydroxylation is 3. The van der Waals surface area contributed by atoms with E-state index >= 15 is 0 Å². The van der Waals surface area contributed by atoms with Crippen molar-refractivity contribution in [2.75, 3.05) is 7.11 Å². The summed E-state index contributed by atoms with van der Waals surface area (Å²) in [4.78, 5) is 25.9. The van der Waals surface area contributed by atoms with Gasteiger partial charge in [-0.2, -0.15) is 0 Å². The fourth-order valence-electron chi connectivity index (χ4n) is 3.59. The van der Waals surface area contributed by atoms with E-state index in [9.17, 15) is 9.59 Å². The molecule has 1 heterocycles. The molecule has 2 rings (SSSR count). The number of carbonyl (C=O) groups is 2. The van der Waals surface area contributed by atoms with Gasteiger partial charge in [0.1, 0.15) is 6.04 Å². The molecule has 0 bridgehead atoms. The molecular weight excluding hydrogens is 322 g/mol. The standard InChI is InChI=1S/C19H27NO3S/c1-11-8-12(2)14(13(3)9-11)16-15(17(22)23-7)20(10-21)18(24-16)19(4,5)6/h8-10,15-16,18H,1-7H3/t15-,16+,18+/m0/s1. The van der Waals surface area contributed by atoms with Crippen LogP contribution in [0.4, 0.5) is 0 Å². The molecule has 1 aliphatic rings. The molecule has 0 aliphatic carbocycles. The first-order chi connectivity index (χ1) is 11.1. The average Bonchev–Trinajstić information content (AvgIpc) is 2.84. The van der Waals surface area contributed by atoms with Gasteiger partial charge in [0.05, 0.1) is 17.7 Å². The summed E-state index contributed by atoms with van der Waals surface area (Å²) in [5.74, 6) is -0.356. The van der Waals surface area contributed by atoms with Gasteiger partial charge in [-0.3, -0.25) is 4.79 Å². The zero-order chi connectivity index (χ0) is 18.2. The van der Waals surface area contributed by atoms with Crippen molar-refractivity contribution in [3.63, 3.8) is 0 Å². The number of ether oxygens (including phenoxy) is 1. The van der Waals surface area contributed by atoms with Crippen molar-refractivity contribution in [2.24, 2.45) is 5.41 Å².